The predicted molar refractivity (Wildman–Crippen MR) is 132 cm³/mol. The Balaban J connectivity index is 1.92. The van der Waals surface area contributed by atoms with Crippen molar-refractivity contribution in [1.82, 2.24) is 10.3 Å². The van der Waals surface area contributed by atoms with E-state index in [1.807, 2.05) is 0 Å². The van der Waals surface area contributed by atoms with Crippen LogP contribution in [-0.2, 0) is 0 Å². The van der Waals surface area contributed by atoms with Crippen molar-refractivity contribution in [2.45, 2.75) is 38.0 Å². The van der Waals surface area contributed by atoms with Crippen LogP contribution >= 0.6 is 20.8 Å². The Kier molecular flexibility index (Phi) is 6.15. The first-order chi connectivity index (χ1) is 14.4. The third-order valence-corrected chi connectivity index (χ3v) is 14.8. The summed E-state index contributed by atoms with van der Waals surface area (Å²) in [6.45, 7) is 6.44. The maximum atomic E-state index is 14.9. The number of nitrogens with one attached hydrogen (secondary N) is 3. The fraction of sp³-hybridized carbons (Fsp3) is 0.435. The Bertz CT molecular complexity index is 1020. The fourth-order valence-corrected chi connectivity index (χ4v) is 9.48. The van der Waals surface area contributed by atoms with Crippen LogP contribution in [0.5, 0.6) is 0 Å². The monoisotopic (exact) mass is 466 g/mol. The molecule has 1 amide bonds. The van der Waals surface area contributed by atoms with E-state index in [1.54, 1.807) is 12.1 Å². The predicted octanol–water partition coefficient (Wildman–Crippen LogP) is 5.27. The van der Waals surface area contributed by atoms with Crippen molar-refractivity contribution in [2.75, 3.05) is 29.3 Å². The van der Waals surface area contributed by atoms with Crippen molar-refractivity contribution in [3.8, 4) is 0 Å². The zero-order chi connectivity index (χ0) is 23.1. The summed E-state index contributed by atoms with van der Waals surface area (Å²) in [5.41, 5.74) is 1.18. The average Bonchev–Trinajstić information content (AvgIpc) is 2.68. The minimum absolute atomic E-state index is 0.226. The Morgan fingerprint density at radius 3 is 2.68 bits per heavy atom. The quantitative estimate of drug-likeness (QED) is 0.453. The summed E-state index contributed by atoms with van der Waals surface area (Å²) in [5, 5.41) is 15.2. The molecule has 0 spiro atoms. The largest absolute Gasteiger partial charge is 0.365 e. The van der Waals surface area contributed by atoms with E-state index in [0.29, 0.717) is 22.1 Å². The van der Waals surface area contributed by atoms with E-state index in [2.05, 4.69) is 48.9 Å². The van der Waals surface area contributed by atoms with Gasteiger partial charge in [0.1, 0.15) is 17.3 Å². The van der Waals surface area contributed by atoms with Crippen LogP contribution in [-0.4, -0.2) is 45.5 Å². The normalized spacial score (nSPS) is 22.6. The summed E-state index contributed by atoms with van der Waals surface area (Å²) >= 11 is 5.83. The van der Waals surface area contributed by atoms with E-state index >= 15 is 0 Å². The molecule has 1 aromatic heterocycles. The lowest BCUT2D eigenvalue weighted by Gasteiger charge is -2.69. The molecule has 31 heavy (non-hydrogen) atoms. The lowest BCUT2D eigenvalue weighted by atomic mass is 10.0. The summed E-state index contributed by atoms with van der Waals surface area (Å²) in [5.74, 6) is 1.56. The molecule has 8 heteroatoms. The molecule has 170 valence electrons. The van der Waals surface area contributed by atoms with Crippen molar-refractivity contribution < 1.29 is 9.18 Å². The molecular formula is C23H32ClFN4OS. The fourth-order valence-electron chi connectivity index (χ4n) is 4.45. The van der Waals surface area contributed by atoms with Crippen LogP contribution in [0.15, 0.2) is 36.5 Å². The Morgan fingerprint density at radius 2 is 2.06 bits per heavy atom. The number of rotatable bonds is 5. The first-order valence-corrected chi connectivity index (χ1v) is 14.3. The van der Waals surface area contributed by atoms with Crippen LogP contribution in [0.25, 0.3) is 0 Å². The first kappa shape index (κ1) is 23.5. The summed E-state index contributed by atoms with van der Waals surface area (Å²) < 4.78 is 14.6. The SMILES string of the molecule is CCC[SH]1(C)(C)CC(c2cc(NC(=O)c3ccc(Cl)cn3)ccc2F)NC(=N)C1(C)C. The maximum Gasteiger partial charge on any atom is 0.274 e. The van der Waals surface area contributed by atoms with Gasteiger partial charge in [-0.05, 0) is 74.6 Å². The Labute approximate surface area is 189 Å². The standard InChI is InChI=1S/C23H32ClFN4OS/c1-6-11-31(4,5)14-20(29-22(26)23(31,2)3)17-12-16(8-9-18(17)25)28-21(30)19-10-7-15(24)13-27-19/h7-10,12-13,20,31H,6,11,14H2,1-5H3,(H2,26,29)(H,28,30). The number of amides is 1. The van der Waals surface area contributed by atoms with Gasteiger partial charge in [0.2, 0.25) is 0 Å². The number of hydrogen-bond donors (Lipinski definition) is 4. The highest BCUT2D eigenvalue weighted by Crippen LogP contribution is 2.75. The molecule has 1 aliphatic heterocycles. The molecule has 2 aromatic rings. The number of carbonyl (C=O) groups is 1. The highest BCUT2D eigenvalue weighted by Gasteiger charge is 2.53. The van der Waals surface area contributed by atoms with Gasteiger partial charge >= 0.3 is 0 Å². The second-order valence-corrected chi connectivity index (χ2v) is 17.6. The van der Waals surface area contributed by atoms with Gasteiger partial charge in [0.25, 0.3) is 5.91 Å². The Hall–Kier alpha value is -2.12. The maximum absolute atomic E-state index is 14.9. The lowest BCUT2D eigenvalue weighted by molar-refractivity contribution is 0.102. The molecule has 1 atom stereocenters. The van der Waals surface area contributed by atoms with Gasteiger partial charge in [-0.25, -0.2) is 9.37 Å². The van der Waals surface area contributed by atoms with Crippen molar-refractivity contribution >= 4 is 38.2 Å². The van der Waals surface area contributed by atoms with Gasteiger partial charge in [-0.3, -0.25) is 19.4 Å². The third-order valence-electron chi connectivity index (χ3n) is 7.14. The molecule has 3 N–H and O–H groups in total. The molecule has 1 aromatic carbocycles. The van der Waals surface area contributed by atoms with E-state index in [4.69, 9.17) is 17.0 Å². The van der Waals surface area contributed by atoms with Gasteiger partial charge in [-0.15, -0.1) is 0 Å². The number of amidine groups is 1. The molecule has 0 aliphatic carbocycles. The molecule has 0 bridgehead atoms. The average molecular weight is 467 g/mol. The molecule has 2 heterocycles. The second-order valence-electron chi connectivity index (χ2n) is 9.79. The summed E-state index contributed by atoms with van der Waals surface area (Å²) in [7, 11) is -2.36. The number of carbonyl (C=O) groups excluding carboxylic acids is 1. The summed E-state index contributed by atoms with van der Waals surface area (Å²) in [6.07, 6.45) is 7.09. The highest BCUT2D eigenvalue weighted by atomic mass is 35.5. The minimum Gasteiger partial charge on any atom is -0.365 e. The van der Waals surface area contributed by atoms with Crippen LogP contribution in [0.1, 0.15) is 49.3 Å². The molecule has 3 rings (SSSR count). The van der Waals surface area contributed by atoms with Crippen molar-refractivity contribution in [1.29, 1.82) is 5.41 Å². The van der Waals surface area contributed by atoms with E-state index in [9.17, 15) is 9.18 Å². The molecule has 0 saturated carbocycles. The minimum atomic E-state index is -2.36. The zero-order valence-electron chi connectivity index (χ0n) is 18.7. The van der Waals surface area contributed by atoms with Crippen molar-refractivity contribution in [3.63, 3.8) is 0 Å². The Morgan fingerprint density at radius 1 is 1.35 bits per heavy atom. The number of hydrogen-bond acceptors (Lipinski definition) is 3. The van der Waals surface area contributed by atoms with Crippen LogP contribution in [0, 0.1) is 11.2 Å². The molecule has 1 unspecified atom stereocenters. The van der Waals surface area contributed by atoms with Crippen LogP contribution in [0.3, 0.4) is 0 Å². The van der Waals surface area contributed by atoms with Gasteiger partial charge in [0, 0.05) is 22.2 Å². The number of anilines is 1. The van der Waals surface area contributed by atoms with Crippen LogP contribution in [0.2, 0.25) is 5.02 Å². The van der Waals surface area contributed by atoms with Crippen molar-refractivity contribution in [3.05, 3.63) is 58.6 Å². The lowest BCUT2D eigenvalue weighted by Crippen LogP contribution is -2.60. The zero-order valence-corrected chi connectivity index (χ0v) is 20.4. The van der Waals surface area contributed by atoms with Gasteiger partial charge in [-0.1, -0.05) is 18.5 Å². The third kappa shape index (κ3) is 4.30. The molecule has 1 fully saturated rings. The van der Waals surface area contributed by atoms with Crippen LogP contribution in [0.4, 0.5) is 10.1 Å². The van der Waals surface area contributed by atoms with Gasteiger partial charge in [0.05, 0.1) is 11.1 Å². The number of nitrogens with zero attached hydrogens (tertiary/aromatic N) is 1. The van der Waals surface area contributed by atoms with Crippen LogP contribution < -0.4 is 10.6 Å². The number of thiol groups is 1. The summed E-state index contributed by atoms with van der Waals surface area (Å²) in [4.78, 5) is 16.5. The number of pyridine rings is 1. The summed E-state index contributed by atoms with van der Waals surface area (Å²) in [6, 6.07) is 7.38. The number of halogens is 2. The van der Waals surface area contributed by atoms with E-state index < -0.39 is 15.1 Å². The molecular weight excluding hydrogens is 435 g/mol. The first-order valence-electron chi connectivity index (χ1n) is 10.4. The number of benzene rings is 1. The molecule has 1 aliphatic rings. The van der Waals surface area contributed by atoms with Crippen molar-refractivity contribution in [2.24, 2.45) is 0 Å². The van der Waals surface area contributed by atoms with E-state index in [-0.39, 0.29) is 22.3 Å². The van der Waals surface area contributed by atoms with Gasteiger partial charge in [-0.2, -0.15) is 0 Å². The molecule has 1 saturated heterocycles. The second kappa shape index (κ2) is 8.10. The van der Waals surface area contributed by atoms with Gasteiger partial charge in [0.15, 0.2) is 0 Å². The smallest absolute Gasteiger partial charge is 0.274 e. The topological polar surface area (TPSA) is 77.9 Å². The highest BCUT2D eigenvalue weighted by molar-refractivity contribution is 8.50. The molecule has 0 radical (unpaired) electrons. The van der Waals surface area contributed by atoms with E-state index in [0.717, 1.165) is 17.9 Å². The number of aromatic nitrogens is 1. The van der Waals surface area contributed by atoms with E-state index in [1.165, 1.54) is 24.4 Å². The van der Waals surface area contributed by atoms with Gasteiger partial charge < -0.3 is 10.6 Å². The molecule has 5 nitrogen and oxygen atoms in total.